The van der Waals surface area contributed by atoms with Gasteiger partial charge < -0.3 is 10.3 Å². The van der Waals surface area contributed by atoms with Gasteiger partial charge in [0.05, 0.1) is 0 Å². The van der Waals surface area contributed by atoms with Gasteiger partial charge in [0.25, 0.3) is 0 Å². The Morgan fingerprint density at radius 2 is 2.17 bits per heavy atom. The lowest BCUT2D eigenvalue weighted by Gasteiger charge is -2.22. The Kier molecular flexibility index (Phi) is 2.90. The molecule has 0 fully saturated rings. The van der Waals surface area contributed by atoms with E-state index in [1.54, 1.807) is 5.56 Å². The van der Waals surface area contributed by atoms with Gasteiger partial charge in [-0.15, -0.1) is 0 Å². The number of nitrogens with one attached hydrogen (secondary N) is 2. The fourth-order valence-electron chi connectivity index (χ4n) is 3.41. The molecule has 1 atom stereocenters. The van der Waals surface area contributed by atoms with Crippen LogP contribution in [-0.4, -0.2) is 18.6 Å². The van der Waals surface area contributed by atoms with E-state index in [0.717, 1.165) is 12.5 Å². The molecular formula is C16H22N2. The number of benzene rings is 1. The molecule has 3 rings (SSSR count). The zero-order chi connectivity index (χ0) is 12.7. The fourth-order valence-corrected chi connectivity index (χ4v) is 3.41. The number of hydrogen-bond acceptors (Lipinski definition) is 1. The Balaban J connectivity index is 2.09. The topological polar surface area (TPSA) is 27.8 Å². The van der Waals surface area contributed by atoms with Crippen molar-refractivity contribution in [1.82, 2.24) is 10.3 Å². The van der Waals surface area contributed by atoms with Crippen LogP contribution in [0.4, 0.5) is 0 Å². The van der Waals surface area contributed by atoms with E-state index in [0.29, 0.717) is 0 Å². The summed E-state index contributed by atoms with van der Waals surface area (Å²) >= 11 is 0. The van der Waals surface area contributed by atoms with Gasteiger partial charge in [-0.2, -0.15) is 0 Å². The van der Waals surface area contributed by atoms with Crippen molar-refractivity contribution in [2.24, 2.45) is 5.92 Å². The fraction of sp³-hybridized carbons (Fsp3) is 0.500. The average Bonchev–Trinajstić information content (AvgIpc) is 2.68. The largest absolute Gasteiger partial charge is 0.358 e. The van der Waals surface area contributed by atoms with Crippen LogP contribution in [0.5, 0.6) is 0 Å². The van der Waals surface area contributed by atoms with Crippen molar-refractivity contribution in [3.05, 3.63) is 34.5 Å². The highest BCUT2D eigenvalue weighted by molar-refractivity contribution is 5.88. The van der Waals surface area contributed by atoms with Crippen molar-refractivity contribution in [2.75, 3.05) is 13.6 Å². The van der Waals surface area contributed by atoms with Crippen LogP contribution in [0.25, 0.3) is 10.9 Å². The second-order valence-corrected chi connectivity index (χ2v) is 5.75. The first kappa shape index (κ1) is 11.8. The van der Waals surface area contributed by atoms with Gasteiger partial charge >= 0.3 is 0 Å². The maximum absolute atomic E-state index is 3.65. The minimum absolute atomic E-state index is 0.794. The zero-order valence-corrected chi connectivity index (χ0v) is 11.6. The third-order valence-corrected chi connectivity index (χ3v) is 4.23. The van der Waals surface area contributed by atoms with Crippen LogP contribution >= 0.6 is 0 Å². The Hall–Kier alpha value is -1.28. The molecular weight excluding hydrogens is 220 g/mol. The maximum Gasteiger partial charge on any atom is 0.0488 e. The third kappa shape index (κ3) is 1.85. The number of H-pyrrole nitrogens is 1. The summed E-state index contributed by atoms with van der Waals surface area (Å²) in [6.45, 7) is 5.54. The van der Waals surface area contributed by atoms with E-state index in [2.05, 4.69) is 43.3 Å². The molecule has 1 aliphatic carbocycles. The van der Waals surface area contributed by atoms with Crippen molar-refractivity contribution in [2.45, 2.75) is 33.1 Å². The number of hydrogen-bond donors (Lipinski definition) is 2. The highest BCUT2D eigenvalue weighted by atomic mass is 14.8. The molecule has 96 valence electrons. The van der Waals surface area contributed by atoms with Crippen LogP contribution in [0.1, 0.15) is 28.8 Å². The molecule has 0 amide bonds. The molecule has 0 saturated heterocycles. The minimum atomic E-state index is 0.794. The number of aromatic nitrogens is 1. The quantitative estimate of drug-likeness (QED) is 0.832. The molecule has 2 N–H and O–H groups in total. The molecule has 1 aromatic carbocycles. The van der Waals surface area contributed by atoms with Crippen LogP contribution in [0.2, 0.25) is 0 Å². The molecule has 1 aliphatic rings. The van der Waals surface area contributed by atoms with E-state index >= 15 is 0 Å². The lowest BCUT2D eigenvalue weighted by atomic mass is 9.86. The van der Waals surface area contributed by atoms with Crippen LogP contribution in [0.3, 0.4) is 0 Å². The number of fused-ring (bicyclic) bond motifs is 3. The zero-order valence-electron chi connectivity index (χ0n) is 11.6. The molecule has 2 aromatic rings. The lowest BCUT2D eigenvalue weighted by Crippen LogP contribution is -2.24. The summed E-state index contributed by atoms with van der Waals surface area (Å²) in [7, 11) is 2.05. The average molecular weight is 242 g/mol. The van der Waals surface area contributed by atoms with Gasteiger partial charge in [0, 0.05) is 16.6 Å². The molecule has 0 spiro atoms. The number of aryl methyl sites for hydroxylation is 3. The highest BCUT2D eigenvalue weighted by Crippen LogP contribution is 2.33. The van der Waals surface area contributed by atoms with Crippen LogP contribution in [-0.2, 0) is 12.8 Å². The third-order valence-electron chi connectivity index (χ3n) is 4.23. The molecule has 0 saturated carbocycles. The van der Waals surface area contributed by atoms with Crippen molar-refractivity contribution in [3.8, 4) is 0 Å². The lowest BCUT2D eigenvalue weighted by molar-refractivity contribution is 0.439. The van der Waals surface area contributed by atoms with E-state index in [1.165, 1.54) is 47.0 Å². The SMILES string of the molecule is CNCC1CCc2[nH]c3c(C)cc(C)cc3c2C1. The predicted octanol–water partition coefficient (Wildman–Crippen LogP) is 3.11. The van der Waals surface area contributed by atoms with Gasteiger partial charge in [-0.05, 0) is 69.8 Å². The first-order chi connectivity index (χ1) is 8.69. The van der Waals surface area contributed by atoms with Crippen LogP contribution in [0, 0.1) is 19.8 Å². The van der Waals surface area contributed by atoms with Crippen LogP contribution < -0.4 is 5.32 Å². The van der Waals surface area contributed by atoms with E-state index in [9.17, 15) is 0 Å². The smallest absolute Gasteiger partial charge is 0.0488 e. The van der Waals surface area contributed by atoms with Gasteiger partial charge in [-0.3, -0.25) is 0 Å². The minimum Gasteiger partial charge on any atom is -0.358 e. The van der Waals surface area contributed by atoms with Crippen molar-refractivity contribution < 1.29 is 0 Å². The summed E-state index contributed by atoms with van der Waals surface area (Å²) in [5.41, 5.74) is 7.16. The van der Waals surface area contributed by atoms with E-state index < -0.39 is 0 Å². The molecule has 0 radical (unpaired) electrons. The Morgan fingerprint density at radius 1 is 1.33 bits per heavy atom. The predicted molar refractivity (Wildman–Crippen MR) is 77.2 cm³/mol. The Labute approximate surface area is 109 Å². The highest BCUT2D eigenvalue weighted by Gasteiger charge is 2.22. The van der Waals surface area contributed by atoms with Gasteiger partial charge in [0.2, 0.25) is 0 Å². The summed E-state index contributed by atoms with van der Waals surface area (Å²) in [6, 6.07) is 4.62. The molecule has 1 aromatic heterocycles. The normalized spacial score (nSPS) is 19.2. The van der Waals surface area contributed by atoms with Crippen molar-refractivity contribution in [1.29, 1.82) is 0 Å². The van der Waals surface area contributed by atoms with E-state index in [1.807, 2.05) is 0 Å². The Bertz CT molecular complexity index is 580. The first-order valence-electron chi connectivity index (χ1n) is 6.94. The first-order valence-corrected chi connectivity index (χ1v) is 6.94. The molecule has 0 bridgehead atoms. The van der Waals surface area contributed by atoms with E-state index in [-0.39, 0.29) is 0 Å². The van der Waals surface area contributed by atoms with Gasteiger partial charge in [-0.25, -0.2) is 0 Å². The monoisotopic (exact) mass is 242 g/mol. The second-order valence-electron chi connectivity index (χ2n) is 5.75. The molecule has 2 heteroatoms. The standard InChI is InChI=1S/C16H22N2/c1-10-6-11(2)16-14(7-10)13-8-12(9-17-3)4-5-15(13)18-16/h6-7,12,17-18H,4-5,8-9H2,1-3H3. The van der Waals surface area contributed by atoms with Gasteiger partial charge in [-0.1, -0.05) is 11.6 Å². The van der Waals surface area contributed by atoms with Gasteiger partial charge in [0.15, 0.2) is 0 Å². The molecule has 1 unspecified atom stereocenters. The molecule has 0 aliphatic heterocycles. The molecule has 2 nitrogen and oxygen atoms in total. The van der Waals surface area contributed by atoms with Crippen molar-refractivity contribution in [3.63, 3.8) is 0 Å². The van der Waals surface area contributed by atoms with E-state index in [4.69, 9.17) is 0 Å². The second kappa shape index (κ2) is 4.43. The molecule has 18 heavy (non-hydrogen) atoms. The summed E-state index contributed by atoms with van der Waals surface area (Å²) < 4.78 is 0. The maximum atomic E-state index is 3.65. The van der Waals surface area contributed by atoms with Crippen LogP contribution in [0.15, 0.2) is 12.1 Å². The number of rotatable bonds is 2. The van der Waals surface area contributed by atoms with Gasteiger partial charge in [0.1, 0.15) is 0 Å². The molecule has 1 heterocycles. The number of aromatic amines is 1. The summed E-state index contributed by atoms with van der Waals surface area (Å²) in [6.07, 6.45) is 3.73. The summed E-state index contributed by atoms with van der Waals surface area (Å²) in [4.78, 5) is 3.65. The summed E-state index contributed by atoms with van der Waals surface area (Å²) in [5, 5.41) is 4.78. The summed E-state index contributed by atoms with van der Waals surface area (Å²) in [5.74, 6) is 0.794. The Morgan fingerprint density at radius 3 is 2.94 bits per heavy atom. The van der Waals surface area contributed by atoms with Crippen molar-refractivity contribution >= 4 is 10.9 Å².